The third-order valence-electron chi connectivity index (χ3n) is 2.65. The Morgan fingerprint density at radius 1 is 1.00 bits per heavy atom. The molecule has 0 radical (unpaired) electrons. The third-order valence-corrected chi connectivity index (χ3v) is 2.65. The van der Waals surface area contributed by atoms with Gasteiger partial charge in [0.2, 0.25) is 5.91 Å². The van der Waals surface area contributed by atoms with Gasteiger partial charge in [-0.2, -0.15) is 0 Å². The molecule has 0 aliphatic heterocycles. The summed E-state index contributed by atoms with van der Waals surface area (Å²) in [5, 5.41) is 0. The number of pyridine rings is 1. The molecule has 0 bridgehead atoms. The lowest BCUT2D eigenvalue weighted by atomic mass is 9.86. The van der Waals surface area contributed by atoms with Gasteiger partial charge in [-0.25, -0.2) is 0 Å². The van der Waals surface area contributed by atoms with Gasteiger partial charge in [0.15, 0.2) is 0 Å². The molecule has 1 amide bonds. The maximum absolute atomic E-state index is 11.4. The summed E-state index contributed by atoms with van der Waals surface area (Å²) >= 11 is 0. The summed E-state index contributed by atoms with van der Waals surface area (Å²) < 4.78 is 0. The van der Waals surface area contributed by atoms with E-state index in [1.165, 1.54) is 0 Å². The normalized spacial score (nSPS) is 12.6. The molecule has 1 aromatic heterocycles. The number of primary amides is 1. The van der Waals surface area contributed by atoms with Gasteiger partial charge >= 0.3 is 0 Å². The van der Waals surface area contributed by atoms with Crippen molar-refractivity contribution in [2.45, 2.75) is 52.4 Å². The van der Waals surface area contributed by atoms with E-state index in [1.807, 2.05) is 0 Å². The highest BCUT2D eigenvalue weighted by Crippen LogP contribution is 2.26. The summed E-state index contributed by atoms with van der Waals surface area (Å²) in [5.41, 5.74) is 7.53. The van der Waals surface area contributed by atoms with Gasteiger partial charge in [-0.05, 0) is 12.1 Å². The Kier molecular flexibility index (Phi) is 3.33. The van der Waals surface area contributed by atoms with Gasteiger partial charge in [0.05, 0.1) is 0 Å². The van der Waals surface area contributed by atoms with Crippen molar-refractivity contribution < 1.29 is 4.79 Å². The number of carbonyl (C=O) groups excluding carboxylic acids is 1. The van der Waals surface area contributed by atoms with Crippen LogP contribution in [0, 0.1) is 0 Å². The maximum Gasteiger partial charge on any atom is 0.248 e. The average Bonchev–Trinajstić information content (AvgIpc) is 2.14. The van der Waals surface area contributed by atoms with Crippen LogP contribution in [-0.4, -0.2) is 10.9 Å². The minimum absolute atomic E-state index is 0.0918. The van der Waals surface area contributed by atoms with Crippen molar-refractivity contribution in [2.24, 2.45) is 5.73 Å². The van der Waals surface area contributed by atoms with Crippen LogP contribution in [0.2, 0.25) is 0 Å². The minimum atomic E-state index is -0.400. The lowest BCUT2D eigenvalue weighted by Gasteiger charge is -2.24. The number of amides is 1. The fourth-order valence-electron chi connectivity index (χ4n) is 1.44. The summed E-state index contributed by atoms with van der Waals surface area (Å²) in [7, 11) is 0. The Labute approximate surface area is 103 Å². The molecule has 0 spiro atoms. The molecule has 0 aromatic carbocycles. The largest absolute Gasteiger partial charge is 0.366 e. The Balaban J connectivity index is 3.45. The molecule has 0 aliphatic rings. The van der Waals surface area contributed by atoms with Crippen molar-refractivity contribution in [2.75, 3.05) is 0 Å². The fourth-order valence-corrected chi connectivity index (χ4v) is 1.44. The molecule has 3 nitrogen and oxygen atoms in total. The maximum atomic E-state index is 11.4. The molecule has 0 atom stereocenters. The molecule has 0 fully saturated rings. The Morgan fingerprint density at radius 3 is 1.59 bits per heavy atom. The number of carbonyl (C=O) groups is 1. The smallest absolute Gasteiger partial charge is 0.248 e. The Hall–Kier alpha value is -1.38. The average molecular weight is 234 g/mol. The van der Waals surface area contributed by atoms with Gasteiger partial charge < -0.3 is 5.73 Å². The molecule has 1 aromatic rings. The van der Waals surface area contributed by atoms with Crippen molar-refractivity contribution in [3.05, 3.63) is 29.1 Å². The van der Waals surface area contributed by atoms with Crippen LogP contribution >= 0.6 is 0 Å². The first-order chi connectivity index (χ1) is 7.51. The van der Waals surface area contributed by atoms with Crippen molar-refractivity contribution >= 4 is 5.91 Å². The van der Waals surface area contributed by atoms with E-state index in [0.29, 0.717) is 5.56 Å². The highest BCUT2D eigenvalue weighted by atomic mass is 16.1. The predicted molar refractivity (Wildman–Crippen MR) is 70.2 cm³/mol. The van der Waals surface area contributed by atoms with E-state index in [1.54, 1.807) is 12.1 Å². The first-order valence-electron chi connectivity index (χ1n) is 5.84. The first-order valence-corrected chi connectivity index (χ1v) is 5.84. The summed E-state index contributed by atoms with van der Waals surface area (Å²) in [6.07, 6.45) is 0. The quantitative estimate of drug-likeness (QED) is 0.812. The number of hydrogen-bond donors (Lipinski definition) is 1. The second kappa shape index (κ2) is 4.13. The second-order valence-electron chi connectivity index (χ2n) is 6.49. The van der Waals surface area contributed by atoms with E-state index in [-0.39, 0.29) is 10.8 Å². The highest BCUT2D eigenvalue weighted by Gasteiger charge is 2.23. The predicted octanol–water partition coefficient (Wildman–Crippen LogP) is 2.78. The highest BCUT2D eigenvalue weighted by molar-refractivity contribution is 5.93. The van der Waals surface area contributed by atoms with Crippen LogP contribution in [0.15, 0.2) is 12.1 Å². The number of nitrogens with two attached hydrogens (primary N) is 1. The molecule has 2 N–H and O–H groups in total. The number of nitrogens with zero attached hydrogens (tertiary/aromatic N) is 1. The lowest BCUT2D eigenvalue weighted by molar-refractivity contribution is 0.1000. The fraction of sp³-hybridized carbons (Fsp3) is 0.571. The second-order valence-corrected chi connectivity index (χ2v) is 6.49. The molecule has 3 heteroatoms. The molecule has 0 saturated carbocycles. The molecular formula is C14H22N2O. The van der Waals surface area contributed by atoms with Crippen molar-refractivity contribution in [3.8, 4) is 0 Å². The van der Waals surface area contributed by atoms with Crippen LogP contribution in [0.3, 0.4) is 0 Å². The standard InChI is InChI=1S/C14H22N2O/c1-13(2,3)10-7-9(12(15)17)8-11(16-10)14(4,5)6/h7-8H,1-6H3,(H2,15,17). The summed E-state index contributed by atoms with van der Waals surface area (Å²) in [6.45, 7) is 12.5. The lowest BCUT2D eigenvalue weighted by Crippen LogP contribution is -2.22. The van der Waals surface area contributed by atoms with Crippen LogP contribution in [0.25, 0.3) is 0 Å². The number of hydrogen-bond acceptors (Lipinski definition) is 2. The minimum Gasteiger partial charge on any atom is -0.366 e. The zero-order chi connectivity index (χ0) is 13.4. The van der Waals surface area contributed by atoms with E-state index in [4.69, 9.17) is 5.73 Å². The van der Waals surface area contributed by atoms with Crippen LogP contribution in [-0.2, 0) is 10.8 Å². The molecule has 0 aliphatic carbocycles. The molecule has 17 heavy (non-hydrogen) atoms. The molecule has 1 rings (SSSR count). The van der Waals surface area contributed by atoms with Crippen LogP contribution in [0.4, 0.5) is 0 Å². The van der Waals surface area contributed by atoms with Crippen LogP contribution in [0.5, 0.6) is 0 Å². The van der Waals surface area contributed by atoms with Crippen LogP contribution < -0.4 is 5.73 Å². The summed E-state index contributed by atoms with van der Waals surface area (Å²) in [6, 6.07) is 3.58. The molecule has 0 saturated heterocycles. The monoisotopic (exact) mass is 234 g/mol. The zero-order valence-electron chi connectivity index (χ0n) is 11.6. The van der Waals surface area contributed by atoms with Crippen molar-refractivity contribution in [3.63, 3.8) is 0 Å². The SMILES string of the molecule is CC(C)(C)c1cc(C(N)=O)cc(C(C)(C)C)n1. The zero-order valence-corrected chi connectivity index (χ0v) is 11.6. The Morgan fingerprint density at radius 2 is 1.35 bits per heavy atom. The molecular weight excluding hydrogens is 212 g/mol. The van der Waals surface area contributed by atoms with Crippen molar-refractivity contribution in [1.29, 1.82) is 0 Å². The van der Waals surface area contributed by atoms with Gasteiger partial charge in [-0.1, -0.05) is 41.5 Å². The van der Waals surface area contributed by atoms with Crippen molar-refractivity contribution in [1.82, 2.24) is 4.98 Å². The first kappa shape index (κ1) is 13.7. The van der Waals surface area contributed by atoms with E-state index in [9.17, 15) is 4.79 Å². The van der Waals surface area contributed by atoms with E-state index in [0.717, 1.165) is 11.4 Å². The molecule has 0 unspecified atom stereocenters. The van der Waals surface area contributed by atoms with Gasteiger partial charge in [-0.15, -0.1) is 0 Å². The molecule has 1 heterocycles. The van der Waals surface area contributed by atoms with Gasteiger partial charge in [0.25, 0.3) is 0 Å². The van der Waals surface area contributed by atoms with E-state index >= 15 is 0 Å². The Bertz CT molecular complexity index is 404. The number of rotatable bonds is 1. The van der Waals surface area contributed by atoms with E-state index in [2.05, 4.69) is 46.5 Å². The summed E-state index contributed by atoms with van der Waals surface area (Å²) in [5.74, 6) is -0.400. The molecule has 94 valence electrons. The topological polar surface area (TPSA) is 56.0 Å². The summed E-state index contributed by atoms with van der Waals surface area (Å²) in [4.78, 5) is 16.0. The van der Waals surface area contributed by atoms with Crippen LogP contribution in [0.1, 0.15) is 63.3 Å². The van der Waals surface area contributed by atoms with E-state index < -0.39 is 5.91 Å². The third kappa shape index (κ3) is 3.29. The number of aromatic nitrogens is 1. The van der Waals surface area contributed by atoms with Gasteiger partial charge in [0, 0.05) is 27.8 Å². The van der Waals surface area contributed by atoms with Gasteiger partial charge in [0.1, 0.15) is 0 Å². The van der Waals surface area contributed by atoms with Gasteiger partial charge in [-0.3, -0.25) is 9.78 Å².